The highest BCUT2D eigenvalue weighted by Crippen LogP contribution is 2.24. The molecule has 0 saturated heterocycles. The van der Waals surface area contributed by atoms with E-state index in [0.717, 1.165) is 12.0 Å². The summed E-state index contributed by atoms with van der Waals surface area (Å²) in [6.45, 7) is 0. The van der Waals surface area contributed by atoms with E-state index in [1.165, 1.54) is 0 Å². The SMILES string of the molecule is O=CC1=NC2N=CCSC2C=C1. The molecule has 2 rings (SSSR count). The Morgan fingerprint density at radius 3 is 3.42 bits per heavy atom. The van der Waals surface area contributed by atoms with E-state index in [-0.39, 0.29) is 6.17 Å². The van der Waals surface area contributed by atoms with E-state index in [0.29, 0.717) is 11.0 Å². The van der Waals surface area contributed by atoms with Gasteiger partial charge in [-0.3, -0.25) is 14.8 Å². The normalized spacial score (nSPS) is 32.5. The Hall–Kier alpha value is -0.900. The summed E-state index contributed by atoms with van der Waals surface area (Å²) in [6.07, 6.45) is 6.33. The van der Waals surface area contributed by atoms with Gasteiger partial charge in [0.2, 0.25) is 0 Å². The fraction of sp³-hybridized carbons (Fsp3) is 0.375. The van der Waals surface area contributed by atoms with Crippen LogP contribution in [-0.2, 0) is 4.79 Å². The molecule has 0 aromatic heterocycles. The number of nitrogens with zero attached hydrogens (tertiary/aromatic N) is 2. The number of carbonyl (C=O) groups is 1. The molecule has 0 N–H and O–H groups in total. The molecule has 2 unspecified atom stereocenters. The molecule has 0 radical (unpaired) electrons. The first kappa shape index (κ1) is 7.73. The molecule has 2 aliphatic rings. The van der Waals surface area contributed by atoms with Crippen molar-refractivity contribution >= 4 is 30.0 Å². The van der Waals surface area contributed by atoms with E-state index in [9.17, 15) is 4.79 Å². The lowest BCUT2D eigenvalue weighted by atomic mass is 10.2. The summed E-state index contributed by atoms with van der Waals surface area (Å²) in [5, 5.41) is 0.332. The van der Waals surface area contributed by atoms with Gasteiger partial charge in [-0.25, -0.2) is 0 Å². The van der Waals surface area contributed by atoms with Crippen LogP contribution in [0, 0.1) is 0 Å². The molecule has 0 saturated carbocycles. The molecule has 3 nitrogen and oxygen atoms in total. The third-order valence-electron chi connectivity index (χ3n) is 1.77. The van der Waals surface area contributed by atoms with Crippen LogP contribution in [-0.4, -0.2) is 35.4 Å². The minimum absolute atomic E-state index is 0.0612. The molecule has 62 valence electrons. The standard InChI is InChI=1S/C8H8N2OS/c11-5-6-1-2-7-8(10-6)9-3-4-12-7/h1-3,5,7-8H,4H2. The van der Waals surface area contributed by atoms with Crippen molar-refractivity contribution in [2.45, 2.75) is 11.4 Å². The molecular formula is C8H8N2OS. The minimum Gasteiger partial charge on any atom is -0.296 e. The molecule has 0 bridgehead atoms. The number of hydrogen-bond donors (Lipinski definition) is 0. The lowest BCUT2D eigenvalue weighted by Gasteiger charge is -2.23. The third kappa shape index (κ3) is 1.34. The van der Waals surface area contributed by atoms with Gasteiger partial charge in [0, 0.05) is 12.0 Å². The molecule has 2 atom stereocenters. The van der Waals surface area contributed by atoms with E-state index < -0.39 is 0 Å². The summed E-state index contributed by atoms with van der Waals surface area (Å²) in [6, 6.07) is 0. The van der Waals surface area contributed by atoms with Crippen LogP contribution < -0.4 is 0 Å². The molecule has 0 aromatic rings. The zero-order chi connectivity index (χ0) is 8.39. The topological polar surface area (TPSA) is 41.8 Å². The molecule has 2 aliphatic heterocycles. The summed E-state index contributed by atoms with van der Waals surface area (Å²) in [5.74, 6) is 0.942. The van der Waals surface area contributed by atoms with Crippen molar-refractivity contribution in [1.29, 1.82) is 0 Å². The molecule has 12 heavy (non-hydrogen) atoms. The molecule has 0 spiro atoms. The van der Waals surface area contributed by atoms with Gasteiger partial charge in [-0.15, -0.1) is 11.8 Å². The molecule has 0 fully saturated rings. The van der Waals surface area contributed by atoms with Crippen LogP contribution in [0.4, 0.5) is 0 Å². The monoisotopic (exact) mass is 180 g/mol. The van der Waals surface area contributed by atoms with Crippen LogP contribution in [0.2, 0.25) is 0 Å². The molecule has 0 aliphatic carbocycles. The van der Waals surface area contributed by atoms with Gasteiger partial charge >= 0.3 is 0 Å². The van der Waals surface area contributed by atoms with Crippen molar-refractivity contribution in [3.8, 4) is 0 Å². The van der Waals surface area contributed by atoms with Crippen LogP contribution >= 0.6 is 11.8 Å². The van der Waals surface area contributed by atoms with Crippen LogP contribution in [0.15, 0.2) is 22.1 Å². The second-order valence-corrected chi connectivity index (χ2v) is 3.79. The lowest BCUT2D eigenvalue weighted by molar-refractivity contribution is -0.102. The molecule has 2 heterocycles. The first-order chi connectivity index (χ1) is 5.90. The molecule has 4 heteroatoms. The number of carbonyl (C=O) groups excluding carboxylic acids is 1. The Labute approximate surface area is 74.7 Å². The number of fused-ring (bicyclic) bond motifs is 1. The second-order valence-electron chi connectivity index (χ2n) is 2.57. The van der Waals surface area contributed by atoms with Crippen LogP contribution in [0.25, 0.3) is 0 Å². The predicted molar refractivity (Wildman–Crippen MR) is 51.2 cm³/mol. The van der Waals surface area contributed by atoms with Crippen molar-refractivity contribution in [3.63, 3.8) is 0 Å². The maximum Gasteiger partial charge on any atom is 0.168 e. The van der Waals surface area contributed by atoms with Gasteiger partial charge in [-0.1, -0.05) is 6.08 Å². The maximum atomic E-state index is 10.4. The third-order valence-corrected chi connectivity index (χ3v) is 2.90. The second kappa shape index (κ2) is 3.23. The molecular weight excluding hydrogens is 172 g/mol. The van der Waals surface area contributed by atoms with E-state index in [2.05, 4.69) is 9.98 Å². The van der Waals surface area contributed by atoms with Crippen LogP contribution in [0.3, 0.4) is 0 Å². The maximum absolute atomic E-state index is 10.4. The summed E-state index contributed by atoms with van der Waals surface area (Å²) in [7, 11) is 0. The van der Waals surface area contributed by atoms with Crippen molar-refractivity contribution < 1.29 is 4.79 Å². The summed E-state index contributed by atoms with van der Waals surface area (Å²) in [4.78, 5) is 18.8. The fourth-order valence-electron chi connectivity index (χ4n) is 1.20. The smallest absolute Gasteiger partial charge is 0.168 e. The van der Waals surface area contributed by atoms with E-state index in [1.807, 2.05) is 12.3 Å². The summed E-state index contributed by atoms with van der Waals surface area (Å²) >= 11 is 1.80. The Balaban J connectivity index is 2.24. The lowest BCUT2D eigenvalue weighted by Crippen LogP contribution is -2.26. The number of allylic oxidation sites excluding steroid dienone is 1. The van der Waals surface area contributed by atoms with Gasteiger partial charge in [-0.05, 0) is 6.08 Å². The Bertz CT molecular complexity index is 283. The number of thioether (sulfide) groups is 1. The van der Waals surface area contributed by atoms with Crippen LogP contribution in [0.1, 0.15) is 0 Å². The van der Waals surface area contributed by atoms with Gasteiger partial charge < -0.3 is 0 Å². The van der Waals surface area contributed by atoms with Gasteiger partial charge in [0.15, 0.2) is 12.5 Å². The highest BCUT2D eigenvalue weighted by atomic mass is 32.2. The number of hydrogen-bond acceptors (Lipinski definition) is 4. The minimum atomic E-state index is -0.0612. The molecule has 0 amide bonds. The molecule has 0 aromatic carbocycles. The highest BCUT2D eigenvalue weighted by Gasteiger charge is 2.23. The van der Waals surface area contributed by atoms with Gasteiger partial charge in [0.05, 0.1) is 11.0 Å². The average molecular weight is 180 g/mol. The van der Waals surface area contributed by atoms with Gasteiger partial charge in [-0.2, -0.15) is 0 Å². The Kier molecular flexibility index (Phi) is 2.08. The number of aliphatic imine (C=N–C) groups is 2. The first-order valence-electron chi connectivity index (χ1n) is 3.74. The zero-order valence-corrected chi connectivity index (χ0v) is 7.20. The first-order valence-corrected chi connectivity index (χ1v) is 4.79. The summed E-state index contributed by atoms with van der Waals surface area (Å²) in [5.41, 5.74) is 0.496. The average Bonchev–Trinajstić information content (AvgIpc) is 2.17. The fourth-order valence-corrected chi connectivity index (χ4v) is 2.08. The van der Waals surface area contributed by atoms with Crippen molar-refractivity contribution in [1.82, 2.24) is 0 Å². The number of rotatable bonds is 1. The summed E-state index contributed by atoms with van der Waals surface area (Å²) < 4.78 is 0. The highest BCUT2D eigenvalue weighted by molar-refractivity contribution is 8.00. The largest absolute Gasteiger partial charge is 0.296 e. The van der Waals surface area contributed by atoms with Gasteiger partial charge in [0.25, 0.3) is 0 Å². The Morgan fingerprint density at radius 2 is 2.58 bits per heavy atom. The zero-order valence-electron chi connectivity index (χ0n) is 6.38. The van der Waals surface area contributed by atoms with Crippen molar-refractivity contribution in [2.75, 3.05) is 5.75 Å². The van der Waals surface area contributed by atoms with Crippen molar-refractivity contribution in [3.05, 3.63) is 12.2 Å². The number of aldehydes is 1. The van der Waals surface area contributed by atoms with E-state index in [4.69, 9.17) is 0 Å². The van der Waals surface area contributed by atoms with Gasteiger partial charge in [0.1, 0.15) is 0 Å². The predicted octanol–water partition coefficient (Wildman–Crippen LogP) is 0.708. The number of dihydropyridines is 1. The van der Waals surface area contributed by atoms with Crippen LogP contribution in [0.5, 0.6) is 0 Å². The van der Waals surface area contributed by atoms with E-state index in [1.54, 1.807) is 17.8 Å². The quantitative estimate of drug-likeness (QED) is 0.558. The van der Waals surface area contributed by atoms with Crippen molar-refractivity contribution in [2.24, 2.45) is 9.98 Å². The Morgan fingerprint density at radius 1 is 1.67 bits per heavy atom. The van der Waals surface area contributed by atoms with E-state index >= 15 is 0 Å².